The summed E-state index contributed by atoms with van der Waals surface area (Å²) in [6, 6.07) is 12.9. The van der Waals surface area contributed by atoms with Gasteiger partial charge in [0.2, 0.25) is 0 Å². The Labute approximate surface area is 116 Å². The fraction of sp³-hybridized carbons (Fsp3) is 0.188. The average Bonchev–Trinajstić information content (AvgIpc) is 2.88. The third-order valence-electron chi connectivity index (χ3n) is 3.51. The van der Waals surface area contributed by atoms with Gasteiger partial charge in [0, 0.05) is 24.2 Å². The fourth-order valence-corrected chi connectivity index (χ4v) is 2.44. The van der Waals surface area contributed by atoms with Crippen LogP contribution in [0.1, 0.15) is 18.5 Å². The Kier molecular flexibility index (Phi) is 3.24. The lowest BCUT2D eigenvalue weighted by Crippen LogP contribution is -2.12. The van der Waals surface area contributed by atoms with Gasteiger partial charge in [-0.2, -0.15) is 0 Å². The van der Waals surface area contributed by atoms with E-state index in [9.17, 15) is 4.39 Å². The Morgan fingerprint density at radius 3 is 2.65 bits per heavy atom. The predicted molar refractivity (Wildman–Crippen MR) is 78.1 cm³/mol. The molecule has 0 radical (unpaired) electrons. The van der Waals surface area contributed by atoms with E-state index in [4.69, 9.17) is 5.73 Å². The lowest BCUT2D eigenvalue weighted by Gasteiger charge is -2.11. The molecular formula is C16H16FN3. The second-order valence-corrected chi connectivity index (χ2v) is 4.90. The van der Waals surface area contributed by atoms with Crippen molar-refractivity contribution in [3.8, 4) is 11.3 Å². The second-order valence-electron chi connectivity index (χ2n) is 4.90. The quantitative estimate of drug-likeness (QED) is 0.793. The normalized spacial score (nSPS) is 12.8. The predicted octanol–water partition coefficient (Wildman–Crippen LogP) is 3.20. The standard InChI is InChI=1S/C16H16FN3/c1-11(10-18)15-14(12-6-3-2-4-7-12)19-16-13(17)8-5-9-20(15)16/h2-9,11H,10,18H2,1H3. The van der Waals surface area contributed by atoms with Crippen LogP contribution in [0.25, 0.3) is 16.9 Å². The highest BCUT2D eigenvalue weighted by atomic mass is 19.1. The molecule has 2 heterocycles. The van der Waals surface area contributed by atoms with E-state index < -0.39 is 0 Å². The molecule has 3 nitrogen and oxygen atoms in total. The van der Waals surface area contributed by atoms with Crippen molar-refractivity contribution in [2.24, 2.45) is 5.73 Å². The summed E-state index contributed by atoms with van der Waals surface area (Å²) in [7, 11) is 0. The molecule has 3 aromatic rings. The maximum absolute atomic E-state index is 13.9. The van der Waals surface area contributed by atoms with Crippen LogP contribution in [0.2, 0.25) is 0 Å². The van der Waals surface area contributed by atoms with Crippen molar-refractivity contribution in [2.75, 3.05) is 6.54 Å². The minimum atomic E-state index is -0.319. The molecule has 1 atom stereocenters. The number of pyridine rings is 1. The first-order valence-electron chi connectivity index (χ1n) is 6.64. The first-order chi connectivity index (χ1) is 9.72. The van der Waals surface area contributed by atoms with Crippen molar-refractivity contribution in [3.63, 3.8) is 0 Å². The van der Waals surface area contributed by atoms with Gasteiger partial charge in [-0.1, -0.05) is 37.3 Å². The van der Waals surface area contributed by atoms with E-state index in [0.29, 0.717) is 12.2 Å². The van der Waals surface area contributed by atoms with Gasteiger partial charge in [0.05, 0.1) is 11.4 Å². The molecule has 0 saturated carbocycles. The molecule has 0 aliphatic carbocycles. The smallest absolute Gasteiger partial charge is 0.173 e. The first-order valence-corrected chi connectivity index (χ1v) is 6.64. The number of nitrogens with two attached hydrogens (primary N) is 1. The zero-order valence-corrected chi connectivity index (χ0v) is 11.3. The molecule has 0 bridgehead atoms. The number of benzene rings is 1. The molecular weight excluding hydrogens is 253 g/mol. The molecule has 1 aromatic carbocycles. The van der Waals surface area contributed by atoms with Crippen LogP contribution in [-0.2, 0) is 0 Å². The van der Waals surface area contributed by atoms with Gasteiger partial charge in [-0.25, -0.2) is 9.37 Å². The highest BCUT2D eigenvalue weighted by molar-refractivity contribution is 5.67. The van der Waals surface area contributed by atoms with Crippen LogP contribution in [0, 0.1) is 5.82 Å². The minimum Gasteiger partial charge on any atom is -0.330 e. The summed E-state index contributed by atoms with van der Waals surface area (Å²) in [5.41, 5.74) is 8.88. The van der Waals surface area contributed by atoms with E-state index in [2.05, 4.69) is 4.98 Å². The van der Waals surface area contributed by atoms with E-state index in [1.54, 1.807) is 10.5 Å². The summed E-state index contributed by atoms with van der Waals surface area (Å²) in [5.74, 6) is -0.220. The fourth-order valence-electron chi connectivity index (χ4n) is 2.44. The summed E-state index contributed by atoms with van der Waals surface area (Å²) >= 11 is 0. The molecule has 0 spiro atoms. The van der Waals surface area contributed by atoms with E-state index in [1.165, 1.54) is 6.07 Å². The number of imidazole rings is 1. The molecule has 20 heavy (non-hydrogen) atoms. The third-order valence-corrected chi connectivity index (χ3v) is 3.51. The van der Waals surface area contributed by atoms with Gasteiger partial charge < -0.3 is 10.1 Å². The summed E-state index contributed by atoms with van der Waals surface area (Å²) in [4.78, 5) is 4.48. The molecule has 0 amide bonds. The number of hydrogen-bond donors (Lipinski definition) is 1. The largest absolute Gasteiger partial charge is 0.330 e. The summed E-state index contributed by atoms with van der Waals surface area (Å²) in [6.07, 6.45) is 1.83. The van der Waals surface area contributed by atoms with E-state index in [1.807, 2.05) is 43.5 Å². The number of fused-ring (bicyclic) bond motifs is 1. The Bertz CT molecular complexity index is 734. The maximum atomic E-state index is 13.9. The highest BCUT2D eigenvalue weighted by Crippen LogP contribution is 2.30. The number of hydrogen-bond acceptors (Lipinski definition) is 2. The monoisotopic (exact) mass is 269 g/mol. The summed E-state index contributed by atoms with van der Waals surface area (Å²) in [5, 5.41) is 0. The van der Waals surface area contributed by atoms with Gasteiger partial charge in [0.25, 0.3) is 0 Å². The number of nitrogens with zero attached hydrogens (tertiary/aromatic N) is 2. The lowest BCUT2D eigenvalue weighted by atomic mass is 10.0. The highest BCUT2D eigenvalue weighted by Gasteiger charge is 2.19. The molecule has 4 heteroatoms. The maximum Gasteiger partial charge on any atom is 0.173 e. The molecule has 0 fully saturated rings. The number of rotatable bonds is 3. The van der Waals surface area contributed by atoms with Crippen LogP contribution in [0.4, 0.5) is 4.39 Å². The summed E-state index contributed by atoms with van der Waals surface area (Å²) < 4.78 is 15.7. The van der Waals surface area contributed by atoms with Crippen molar-refractivity contribution in [2.45, 2.75) is 12.8 Å². The lowest BCUT2D eigenvalue weighted by molar-refractivity contribution is 0.627. The van der Waals surface area contributed by atoms with Crippen LogP contribution in [0.5, 0.6) is 0 Å². The van der Waals surface area contributed by atoms with Crippen LogP contribution >= 0.6 is 0 Å². The number of aromatic nitrogens is 2. The van der Waals surface area contributed by atoms with Crippen molar-refractivity contribution in [1.29, 1.82) is 0 Å². The second kappa shape index (κ2) is 5.06. The molecule has 3 rings (SSSR count). The van der Waals surface area contributed by atoms with E-state index in [0.717, 1.165) is 17.0 Å². The third kappa shape index (κ3) is 1.98. The van der Waals surface area contributed by atoms with Gasteiger partial charge in [-0.15, -0.1) is 0 Å². The van der Waals surface area contributed by atoms with Crippen molar-refractivity contribution in [1.82, 2.24) is 9.38 Å². The average molecular weight is 269 g/mol. The molecule has 0 aliphatic heterocycles. The topological polar surface area (TPSA) is 43.3 Å². The van der Waals surface area contributed by atoms with Gasteiger partial charge >= 0.3 is 0 Å². The van der Waals surface area contributed by atoms with E-state index in [-0.39, 0.29) is 11.7 Å². The Morgan fingerprint density at radius 1 is 1.20 bits per heavy atom. The van der Waals surface area contributed by atoms with Crippen molar-refractivity contribution >= 4 is 5.65 Å². The zero-order chi connectivity index (χ0) is 14.1. The van der Waals surface area contributed by atoms with Crippen molar-refractivity contribution in [3.05, 3.63) is 60.2 Å². The minimum absolute atomic E-state index is 0.0991. The van der Waals surface area contributed by atoms with Crippen LogP contribution < -0.4 is 5.73 Å². The zero-order valence-electron chi connectivity index (χ0n) is 11.3. The SMILES string of the molecule is CC(CN)c1c(-c2ccccc2)nc2c(F)cccn12. The molecule has 2 N–H and O–H groups in total. The van der Waals surface area contributed by atoms with E-state index >= 15 is 0 Å². The van der Waals surface area contributed by atoms with Crippen LogP contribution in [0.3, 0.4) is 0 Å². The number of halogens is 1. The Morgan fingerprint density at radius 2 is 1.95 bits per heavy atom. The molecule has 0 aliphatic rings. The molecule has 2 aromatic heterocycles. The molecule has 102 valence electrons. The van der Waals surface area contributed by atoms with Gasteiger partial charge in [0.15, 0.2) is 11.5 Å². The van der Waals surface area contributed by atoms with Crippen molar-refractivity contribution < 1.29 is 4.39 Å². The molecule has 1 unspecified atom stereocenters. The van der Waals surface area contributed by atoms with Crippen LogP contribution in [-0.4, -0.2) is 15.9 Å². The van der Waals surface area contributed by atoms with Gasteiger partial charge in [0.1, 0.15) is 0 Å². The first kappa shape index (κ1) is 12.8. The molecule has 0 saturated heterocycles. The summed E-state index contributed by atoms with van der Waals surface area (Å²) in [6.45, 7) is 2.52. The Hall–Kier alpha value is -2.20. The van der Waals surface area contributed by atoms with Crippen LogP contribution in [0.15, 0.2) is 48.7 Å². The Balaban J connectivity index is 2.33. The van der Waals surface area contributed by atoms with Gasteiger partial charge in [-0.3, -0.25) is 0 Å². The van der Waals surface area contributed by atoms with Gasteiger partial charge in [-0.05, 0) is 12.1 Å².